The number of Topliss-reactive ketones (excluding diaryl/α,β-unsaturated/α-hetero) is 1. The molecule has 1 unspecified atom stereocenters. The van der Waals surface area contributed by atoms with Crippen molar-refractivity contribution in [2.45, 2.75) is 19.9 Å². The number of halogens is 1. The third kappa shape index (κ3) is 3.54. The molecule has 4 rings (SSSR count). The number of ketones is 1. The fourth-order valence-electron chi connectivity index (χ4n) is 3.88. The van der Waals surface area contributed by atoms with Crippen LogP contribution >= 0.6 is 0 Å². The molecule has 3 aromatic rings. The molecule has 0 aromatic heterocycles. The van der Waals surface area contributed by atoms with Crippen LogP contribution in [0.2, 0.25) is 0 Å². The first-order valence-electron chi connectivity index (χ1n) is 10.1. The van der Waals surface area contributed by atoms with Crippen LogP contribution in [-0.4, -0.2) is 23.9 Å². The van der Waals surface area contributed by atoms with Crippen LogP contribution in [0.15, 0.2) is 72.3 Å². The van der Waals surface area contributed by atoms with E-state index in [2.05, 4.69) is 0 Å². The van der Waals surface area contributed by atoms with Crippen molar-refractivity contribution in [3.05, 3.63) is 100 Å². The number of anilines is 1. The Hall–Kier alpha value is -3.93. The van der Waals surface area contributed by atoms with Gasteiger partial charge in [0.2, 0.25) is 0 Å². The zero-order valence-electron chi connectivity index (χ0n) is 17.9. The summed E-state index contributed by atoms with van der Waals surface area (Å²) in [5, 5.41) is 11.1. The molecule has 32 heavy (non-hydrogen) atoms. The van der Waals surface area contributed by atoms with Crippen molar-refractivity contribution < 1.29 is 23.8 Å². The highest BCUT2D eigenvalue weighted by molar-refractivity contribution is 6.51. The number of carbonyl (C=O) groups is 2. The largest absolute Gasteiger partial charge is 0.507 e. The second kappa shape index (κ2) is 8.30. The van der Waals surface area contributed by atoms with E-state index in [-0.39, 0.29) is 16.9 Å². The molecule has 5 nitrogen and oxygen atoms in total. The van der Waals surface area contributed by atoms with Crippen LogP contribution in [0, 0.1) is 19.7 Å². The van der Waals surface area contributed by atoms with E-state index in [9.17, 15) is 19.1 Å². The summed E-state index contributed by atoms with van der Waals surface area (Å²) in [7, 11) is 1.52. The number of aliphatic hydroxyl groups is 1. The molecular formula is C26H22FNO4. The van der Waals surface area contributed by atoms with Gasteiger partial charge in [0.05, 0.1) is 18.7 Å². The van der Waals surface area contributed by atoms with E-state index in [4.69, 9.17) is 4.74 Å². The second-order valence-corrected chi connectivity index (χ2v) is 7.69. The number of rotatable bonds is 4. The fraction of sp³-hybridized carbons (Fsp3) is 0.154. The lowest BCUT2D eigenvalue weighted by molar-refractivity contribution is -0.132. The van der Waals surface area contributed by atoms with E-state index in [0.29, 0.717) is 17.0 Å². The Kier molecular flexibility index (Phi) is 5.53. The van der Waals surface area contributed by atoms with E-state index in [1.54, 1.807) is 42.5 Å². The molecule has 0 spiro atoms. The minimum Gasteiger partial charge on any atom is -0.507 e. The van der Waals surface area contributed by atoms with E-state index in [1.165, 1.54) is 30.2 Å². The Labute approximate surface area is 185 Å². The molecule has 3 aromatic carbocycles. The summed E-state index contributed by atoms with van der Waals surface area (Å²) in [6, 6.07) is 16.6. The minimum atomic E-state index is -1.12. The number of carbonyl (C=O) groups excluding carboxylic acids is 2. The third-order valence-electron chi connectivity index (χ3n) is 5.78. The number of methoxy groups -OCH3 is 1. The molecule has 1 fully saturated rings. The van der Waals surface area contributed by atoms with Crippen molar-refractivity contribution in [2.24, 2.45) is 0 Å². The highest BCUT2D eigenvalue weighted by atomic mass is 19.1. The summed E-state index contributed by atoms with van der Waals surface area (Å²) < 4.78 is 20.1. The zero-order valence-corrected chi connectivity index (χ0v) is 17.9. The van der Waals surface area contributed by atoms with Gasteiger partial charge in [-0.2, -0.15) is 0 Å². The van der Waals surface area contributed by atoms with E-state index < -0.39 is 23.5 Å². The lowest BCUT2D eigenvalue weighted by Gasteiger charge is -2.26. The Morgan fingerprint density at radius 2 is 1.66 bits per heavy atom. The quantitative estimate of drug-likeness (QED) is 0.356. The SMILES string of the molecule is COc1ccc(N2C(=O)C(=O)/C(=C(/O)c3ccc(C)c(C)c3)C2c2ccccc2F)cc1. The molecule has 1 aliphatic heterocycles. The van der Waals surface area contributed by atoms with E-state index >= 15 is 0 Å². The molecule has 1 N–H and O–H groups in total. The molecular weight excluding hydrogens is 409 g/mol. The highest BCUT2D eigenvalue weighted by Crippen LogP contribution is 2.43. The zero-order chi connectivity index (χ0) is 23.0. The van der Waals surface area contributed by atoms with Gasteiger partial charge < -0.3 is 9.84 Å². The van der Waals surface area contributed by atoms with E-state index in [1.807, 2.05) is 19.9 Å². The van der Waals surface area contributed by atoms with Gasteiger partial charge in [0, 0.05) is 16.8 Å². The van der Waals surface area contributed by atoms with Gasteiger partial charge in [-0.25, -0.2) is 4.39 Å². The highest BCUT2D eigenvalue weighted by Gasteiger charge is 2.47. The van der Waals surface area contributed by atoms with Crippen molar-refractivity contribution in [1.29, 1.82) is 0 Å². The molecule has 0 bridgehead atoms. The van der Waals surface area contributed by atoms with Crippen molar-refractivity contribution >= 4 is 23.1 Å². The van der Waals surface area contributed by atoms with Crippen molar-refractivity contribution in [3.8, 4) is 5.75 Å². The van der Waals surface area contributed by atoms with E-state index in [0.717, 1.165) is 11.1 Å². The average molecular weight is 431 g/mol. The number of aryl methyl sites for hydroxylation is 2. The number of aliphatic hydroxyl groups excluding tert-OH is 1. The van der Waals surface area contributed by atoms with Crippen molar-refractivity contribution in [1.82, 2.24) is 0 Å². The van der Waals surface area contributed by atoms with Gasteiger partial charge >= 0.3 is 0 Å². The molecule has 1 saturated heterocycles. The lowest BCUT2D eigenvalue weighted by atomic mass is 9.94. The van der Waals surface area contributed by atoms with Crippen LogP contribution in [0.4, 0.5) is 10.1 Å². The topological polar surface area (TPSA) is 66.8 Å². The Morgan fingerprint density at radius 3 is 2.28 bits per heavy atom. The van der Waals surface area contributed by atoms with Crippen LogP contribution in [0.1, 0.15) is 28.3 Å². The Morgan fingerprint density at radius 1 is 0.969 bits per heavy atom. The van der Waals surface area contributed by atoms with Gasteiger partial charge in [-0.15, -0.1) is 0 Å². The predicted molar refractivity (Wildman–Crippen MR) is 120 cm³/mol. The molecule has 0 saturated carbocycles. The van der Waals surface area contributed by atoms with Gasteiger partial charge in [0.25, 0.3) is 11.7 Å². The second-order valence-electron chi connectivity index (χ2n) is 7.69. The maximum atomic E-state index is 14.9. The number of nitrogens with zero attached hydrogens (tertiary/aromatic N) is 1. The maximum absolute atomic E-state index is 14.9. The van der Waals surface area contributed by atoms with Gasteiger partial charge in [0.15, 0.2) is 0 Å². The molecule has 0 aliphatic carbocycles. The van der Waals surface area contributed by atoms with Crippen molar-refractivity contribution in [2.75, 3.05) is 12.0 Å². The number of hydrogen-bond donors (Lipinski definition) is 1. The number of amides is 1. The van der Waals surface area contributed by atoms with Gasteiger partial charge in [-0.3, -0.25) is 14.5 Å². The first-order chi connectivity index (χ1) is 15.3. The third-order valence-corrected chi connectivity index (χ3v) is 5.78. The summed E-state index contributed by atoms with van der Waals surface area (Å²) in [4.78, 5) is 27.4. The predicted octanol–water partition coefficient (Wildman–Crippen LogP) is 5.08. The van der Waals surface area contributed by atoms with Crippen LogP contribution in [0.3, 0.4) is 0 Å². The van der Waals surface area contributed by atoms with Crippen LogP contribution < -0.4 is 9.64 Å². The average Bonchev–Trinajstić information content (AvgIpc) is 3.06. The maximum Gasteiger partial charge on any atom is 0.300 e. The molecule has 1 aliphatic rings. The van der Waals surface area contributed by atoms with Gasteiger partial charge in [0.1, 0.15) is 17.3 Å². The van der Waals surface area contributed by atoms with Crippen molar-refractivity contribution in [3.63, 3.8) is 0 Å². The molecule has 162 valence electrons. The van der Waals surface area contributed by atoms with Crippen LogP contribution in [-0.2, 0) is 9.59 Å². The summed E-state index contributed by atoms with van der Waals surface area (Å²) >= 11 is 0. The smallest absolute Gasteiger partial charge is 0.300 e. The van der Waals surface area contributed by atoms with Crippen LogP contribution in [0.5, 0.6) is 5.75 Å². The van der Waals surface area contributed by atoms with Gasteiger partial charge in [-0.1, -0.05) is 30.3 Å². The normalized spacial score (nSPS) is 17.6. The summed E-state index contributed by atoms with van der Waals surface area (Å²) in [6.45, 7) is 3.82. The molecule has 1 heterocycles. The summed E-state index contributed by atoms with van der Waals surface area (Å²) in [6.07, 6.45) is 0. The van der Waals surface area contributed by atoms with Crippen LogP contribution in [0.25, 0.3) is 5.76 Å². The standard InChI is InChI=1S/C26H22FNO4/c1-15-8-9-17(14-16(15)2)24(29)22-23(20-6-4-5-7-21(20)27)28(26(31)25(22)30)18-10-12-19(32-3)13-11-18/h4-14,23,29H,1-3H3/b24-22+. The number of hydrogen-bond acceptors (Lipinski definition) is 4. The summed E-state index contributed by atoms with van der Waals surface area (Å²) in [5.41, 5.74) is 2.68. The monoisotopic (exact) mass is 431 g/mol. The minimum absolute atomic E-state index is 0.118. The Bertz CT molecular complexity index is 1250. The molecule has 1 atom stereocenters. The molecule has 1 amide bonds. The number of ether oxygens (including phenoxy) is 1. The molecule has 6 heteroatoms. The lowest BCUT2D eigenvalue weighted by Crippen LogP contribution is -2.29. The first-order valence-corrected chi connectivity index (χ1v) is 10.1. The Balaban J connectivity index is 1.95. The molecule has 0 radical (unpaired) electrons. The fourth-order valence-corrected chi connectivity index (χ4v) is 3.88. The first kappa shape index (κ1) is 21.3. The number of benzene rings is 3. The van der Waals surface area contributed by atoms with Gasteiger partial charge in [-0.05, 0) is 61.4 Å². The summed E-state index contributed by atoms with van der Waals surface area (Å²) in [5.74, 6) is -2.05.